The van der Waals surface area contributed by atoms with Crippen molar-refractivity contribution in [3.05, 3.63) is 29.6 Å². The van der Waals surface area contributed by atoms with Gasteiger partial charge in [-0.25, -0.2) is 4.39 Å². The Balaban J connectivity index is 2.70. The van der Waals surface area contributed by atoms with E-state index in [-0.39, 0.29) is 12.4 Å². The van der Waals surface area contributed by atoms with Gasteiger partial charge in [0.15, 0.2) is 0 Å². The Morgan fingerprint density at radius 1 is 1.33 bits per heavy atom. The number of ether oxygens (including phenoxy) is 1. The SMILES string of the molecule is CC(C)COc1cc(F)cc(CCO)c1. The molecule has 84 valence electrons. The molecule has 3 heteroatoms. The average molecular weight is 212 g/mol. The van der Waals surface area contributed by atoms with Crippen LogP contribution in [0.4, 0.5) is 4.39 Å². The lowest BCUT2D eigenvalue weighted by Crippen LogP contribution is -2.05. The fourth-order valence-electron chi connectivity index (χ4n) is 1.24. The van der Waals surface area contributed by atoms with Gasteiger partial charge >= 0.3 is 0 Å². The van der Waals surface area contributed by atoms with Crippen LogP contribution >= 0.6 is 0 Å². The standard InChI is InChI=1S/C12H17FO2/c1-9(2)8-15-12-6-10(3-4-14)5-11(13)7-12/h5-7,9,14H,3-4,8H2,1-2H3. The Hall–Kier alpha value is -1.09. The first-order valence-electron chi connectivity index (χ1n) is 5.15. The van der Waals surface area contributed by atoms with Gasteiger partial charge in [-0.3, -0.25) is 0 Å². The van der Waals surface area contributed by atoms with Crippen molar-refractivity contribution in [1.29, 1.82) is 0 Å². The number of halogens is 1. The first-order valence-corrected chi connectivity index (χ1v) is 5.15. The predicted molar refractivity (Wildman–Crippen MR) is 57.5 cm³/mol. The summed E-state index contributed by atoms with van der Waals surface area (Å²) < 4.78 is 18.5. The Bertz CT molecular complexity index is 310. The number of aliphatic hydroxyl groups excluding tert-OH is 1. The topological polar surface area (TPSA) is 29.5 Å². The summed E-state index contributed by atoms with van der Waals surface area (Å²) in [7, 11) is 0. The molecule has 1 rings (SSSR count). The molecule has 0 atom stereocenters. The average Bonchev–Trinajstić information content (AvgIpc) is 2.14. The van der Waals surface area contributed by atoms with Gasteiger partial charge in [0.1, 0.15) is 11.6 Å². The van der Waals surface area contributed by atoms with Gasteiger partial charge in [0.25, 0.3) is 0 Å². The highest BCUT2D eigenvalue weighted by atomic mass is 19.1. The van der Waals surface area contributed by atoms with Crippen molar-refractivity contribution in [3.8, 4) is 5.75 Å². The molecule has 0 heterocycles. The van der Waals surface area contributed by atoms with Crippen LogP contribution in [0, 0.1) is 11.7 Å². The summed E-state index contributed by atoms with van der Waals surface area (Å²) in [5.41, 5.74) is 0.760. The van der Waals surface area contributed by atoms with Crippen molar-refractivity contribution in [1.82, 2.24) is 0 Å². The molecule has 0 aliphatic heterocycles. The van der Waals surface area contributed by atoms with Crippen LogP contribution in [0.15, 0.2) is 18.2 Å². The third kappa shape index (κ3) is 4.30. The maximum Gasteiger partial charge on any atom is 0.127 e. The van der Waals surface area contributed by atoms with Crippen molar-refractivity contribution < 1.29 is 14.2 Å². The second kappa shape index (κ2) is 5.71. The van der Waals surface area contributed by atoms with E-state index in [2.05, 4.69) is 0 Å². The predicted octanol–water partition coefficient (Wildman–Crippen LogP) is 2.40. The van der Waals surface area contributed by atoms with Crippen molar-refractivity contribution in [3.63, 3.8) is 0 Å². The molecule has 0 saturated carbocycles. The van der Waals surface area contributed by atoms with Crippen molar-refractivity contribution in [2.45, 2.75) is 20.3 Å². The second-order valence-corrected chi connectivity index (χ2v) is 3.97. The van der Waals surface area contributed by atoms with Gasteiger partial charge in [0.2, 0.25) is 0 Å². The third-order valence-corrected chi connectivity index (χ3v) is 1.91. The molecule has 0 spiro atoms. The van der Waals surface area contributed by atoms with Gasteiger partial charge in [-0.1, -0.05) is 13.8 Å². The molecule has 1 aromatic carbocycles. The molecule has 0 bridgehead atoms. The first-order chi connectivity index (χ1) is 7.11. The van der Waals surface area contributed by atoms with Gasteiger partial charge in [-0.05, 0) is 30.0 Å². The molecule has 15 heavy (non-hydrogen) atoms. The highest BCUT2D eigenvalue weighted by Gasteiger charge is 2.02. The molecular weight excluding hydrogens is 195 g/mol. The molecule has 1 N–H and O–H groups in total. The molecule has 2 nitrogen and oxygen atoms in total. The van der Waals surface area contributed by atoms with Gasteiger partial charge in [-0.15, -0.1) is 0 Å². The normalized spacial score (nSPS) is 10.7. The minimum Gasteiger partial charge on any atom is -0.493 e. The number of hydrogen-bond donors (Lipinski definition) is 1. The molecule has 0 radical (unpaired) electrons. The highest BCUT2D eigenvalue weighted by molar-refractivity contribution is 5.29. The number of rotatable bonds is 5. The van der Waals surface area contributed by atoms with Crippen LogP contribution in [0.25, 0.3) is 0 Å². The highest BCUT2D eigenvalue weighted by Crippen LogP contribution is 2.17. The van der Waals surface area contributed by atoms with Crippen molar-refractivity contribution in [2.24, 2.45) is 5.92 Å². The third-order valence-electron chi connectivity index (χ3n) is 1.91. The zero-order chi connectivity index (χ0) is 11.3. The smallest absolute Gasteiger partial charge is 0.127 e. The molecule has 0 aliphatic rings. The maximum atomic E-state index is 13.1. The summed E-state index contributed by atoms with van der Waals surface area (Å²) in [5.74, 6) is 0.626. The van der Waals surface area contributed by atoms with E-state index in [0.717, 1.165) is 5.56 Å². The quantitative estimate of drug-likeness (QED) is 0.812. The number of hydrogen-bond acceptors (Lipinski definition) is 2. The van der Waals surface area contributed by atoms with Crippen LogP contribution in [0.2, 0.25) is 0 Å². The minimum atomic E-state index is -0.320. The van der Waals surface area contributed by atoms with Crippen molar-refractivity contribution >= 4 is 0 Å². The van der Waals surface area contributed by atoms with E-state index < -0.39 is 0 Å². The lowest BCUT2D eigenvalue weighted by Gasteiger charge is -2.10. The fraction of sp³-hybridized carbons (Fsp3) is 0.500. The van der Waals surface area contributed by atoms with Gasteiger partial charge < -0.3 is 9.84 Å². The molecule has 0 unspecified atom stereocenters. The largest absolute Gasteiger partial charge is 0.493 e. The summed E-state index contributed by atoms with van der Waals surface area (Å²) in [4.78, 5) is 0. The van der Waals surface area contributed by atoms with Crippen LogP contribution in [0.3, 0.4) is 0 Å². The molecular formula is C12H17FO2. The zero-order valence-corrected chi connectivity index (χ0v) is 9.16. The maximum absolute atomic E-state index is 13.1. The van der Waals surface area contributed by atoms with E-state index in [9.17, 15) is 4.39 Å². The fourth-order valence-corrected chi connectivity index (χ4v) is 1.24. The van der Waals surface area contributed by atoms with Gasteiger partial charge in [0.05, 0.1) is 6.61 Å². The van der Waals surface area contributed by atoms with E-state index >= 15 is 0 Å². The molecule has 1 aromatic rings. The molecule has 0 aliphatic carbocycles. The Morgan fingerprint density at radius 2 is 2.07 bits per heavy atom. The monoisotopic (exact) mass is 212 g/mol. The molecule has 0 aromatic heterocycles. The summed E-state index contributed by atoms with van der Waals surface area (Å²) in [6, 6.07) is 4.55. The Kier molecular flexibility index (Phi) is 4.56. The lowest BCUT2D eigenvalue weighted by molar-refractivity contribution is 0.269. The minimum absolute atomic E-state index is 0.0209. The Labute approximate surface area is 89.7 Å². The summed E-state index contributed by atoms with van der Waals surface area (Å²) in [6.45, 7) is 4.66. The van der Waals surface area contributed by atoms with Gasteiger partial charge in [-0.2, -0.15) is 0 Å². The number of benzene rings is 1. The lowest BCUT2D eigenvalue weighted by atomic mass is 10.1. The van der Waals surface area contributed by atoms with Gasteiger partial charge in [0, 0.05) is 12.7 Å². The second-order valence-electron chi connectivity index (χ2n) is 3.97. The van der Waals surface area contributed by atoms with Crippen LogP contribution in [-0.4, -0.2) is 18.3 Å². The van der Waals surface area contributed by atoms with Crippen LogP contribution in [0.5, 0.6) is 5.75 Å². The number of aliphatic hydroxyl groups is 1. The molecule has 0 saturated heterocycles. The Morgan fingerprint density at radius 3 is 2.67 bits per heavy atom. The van der Waals surface area contributed by atoms with Crippen LogP contribution in [-0.2, 0) is 6.42 Å². The van der Waals surface area contributed by atoms with E-state index in [0.29, 0.717) is 24.7 Å². The summed E-state index contributed by atoms with van der Waals surface area (Å²) in [6.07, 6.45) is 0.454. The van der Waals surface area contributed by atoms with E-state index in [1.807, 2.05) is 13.8 Å². The first kappa shape index (κ1) is 12.0. The zero-order valence-electron chi connectivity index (χ0n) is 9.16. The van der Waals surface area contributed by atoms with E-state index in [1.54, 1.807) is 6.07 Å². The van der Waals surface area contributed by atoms with E-state index in [4.69, 9.17) is 9.84 Å². The van der Waals surface area contributed by atoms with Crippen molar-refractivity contribution in [2.75, 3.05) is 13.2 Å². The van der Waals surface area contributed by atoms with Crippen LogP contribution in [0.1, 0.15) is 19.4 Å². The molecule has 0 fully saturated rings. The molecule has 0 amide bonds. The summed E-state index contributed by atoms with van der Waals surface area (Å²) >= 11 is 0. The van der Waals surface area contributed by atoms with E-state index in [1.165, 1.54) is 12.1 Å². The summed E-state index contributed by atoms with van der Waals surface area (Å²) in [5, 5.41) is 8.76. The van der Waals surface area contributed by atoms with Crippen LogP contribution < -0.4 is 4.74 Å².